The van der Waals surface area contributed by atoms with Crippen molar-refractivity contribution in [3.63, 3.8) is 0 Å². The Balaban J connectivity index is 1.60. The maximum Gasteiger partial charge on any atom is 0.302 e. The topological polar surface area (TPSA) is 64.7 Å². The molecule has 4 aliphatic rings. The first-order valence-electron chi connectivity index (χ1n) is 10.0. The van der Waals surface area contributed by atoms with Gasteiger partial charge in [0.15, 0.2) is 0 Å². The molecule has 6 atom stereocenters. The lowest BCUT2D eigenvalue weighted by molar-refractivity contribution is -0.148. The third-order valence-corrected chi connectivity index (χ3v) is 8.29. The molecular weight excluding hydrogens is 312 g/mol. The molecule has 0 aromatic heterocycles. The van der Waals surface area contributed by atoms with Crippen LogP contribution in [0.5, 0.6) is 0 Å². The van der Waals surface area contributed by atoms with Gasteiger partial charge >= 0.3 is 5.97 Å². The standard InChI is InChI=1S/C21H32N2O2/c1-13(24)25-15-8-10-20(2)14(12-15)4-5-16-17-6-7-19(23-22)21(17,3)11-9-18(16)20/h4,15-18H,5-12,22H2,1-3H3. The minimum absolute atomic E-state index is 0.0877. The van der Waals surface area contributed by atoms with Gasteiger partial charge in [-0.1, -0.05) is 25.5 Å². The van der Waals surface area contributed by atoms with Crippen molar-refractivity contribution in [2.45, 2.75) is 78.2 Å². The maximum atomic E-state index is 11.3. The summed E-state index contributed by atoms with van der Waals surface area (Å²) in [6.07, 6.45) is 11.7. The molecule has 4 aliphatic carbocycles. The predicted octanol–water partition coefficient (Wildman–Crippen LogP) is 4.20. The number of hydrazone groups is 1. The highest BCUT2D eigenvalue weighted by atomic mass is 16.5. The zero-order chi connectivity index (χ0) is 17.8. The molecule has 4 rings (SSSR count). The van der Waals surface area contributed by atoms with Crippen molar-refractivity contribution in [3.8, 4) is 0 Å². The predicted molar refractivity (Wildman–Crippen MR) is 98.9 cm³/mol. The van der Waals surface area contributed by atoms with E-state index in [0.29, 0.717) is 5.41 Å². The van der Waals surface area contributed by atoms with Crippen molar-refractivity contribution >= 4 is 11.7 Å². The first kappa shape index (κ1) is 17.1. The first-order valence-corrected chi connectivity index (χ1v) is 10.0. The van der Waals surface area contributed by atoms with Crippen LogP contribution in [0.2, 0.25) is 0 Å². The molecule has 0 amide bonds. The molecule has 3 fully saturated rings. The smallest absolute Gasteiger partial charge is 0.302 e. The van der Waals surface area contributed by atoms with E-state index in [1.807, 2.05) is 0 Å². The molecule has 0 aliphatic heterocycles. The highest BCUT2D eigenvalue weighted by Gasteiger charge is 2.57. The molecule has 25 heavy (non-hydrogen) atoms. The molecule has 138 valence electrons. The van der Waals surface area contributed by atoms with Crippen molar-refractivity contribution in [1.29, 1.82) is 0 Å². The molecule has 6 unspecified atom stereocenters. The van der Waals surface area contributed by atoms with Gasteiger partial charge in [-0.05, 0) is 68.1 Å². The van der Waals surface area contributed by atoms with Crippen LogP contribution in [-0.4, -0.2) is 17.8 Å². The van der Waals surface area contributed by atoms with Gasteiger partial charge in [-0.3, -0.25) is 4.79 Å². The van der Waals surface area contributed by atoms with Crippen LogP contribution in [0.1, 0.15) is 72.1 Å². The molecular formula is C21H32N2O2. The number of hydrogen-bond donors (Lipinski definition) is 1. The summed E-state index contributed by atoms with van der Waals surface area (Å²) in [5.74, 6) is 7.83. The van der Waals surface area contributed by atoms with Crippen LogP contribution < -0.4 is 5.84 Å². The van der Waals surface area contributed by atoms with Crippen molar-refractivity contribution < 1.29 is 9.53 Å². The number of nitrogens with two attached hydrogens (primary N) is 1. The van der Waals surface area contributed by atoms with E-state index in [4.69, 9.17) is 10.6 Å². The molecule has 0 aromatic carbocycles. The number of fused-ring (bicyclic) bond motifs is 5. The van der Waals surface area contributed by atoms with Crippen molar-refractivity contribution in [1.82, 2.24) is 0 Å². The maximum absolute atomic E-state index is 11.3. The number of esters is 1. The number of carbonyl (C=O) groups is 1. The van der Waals surface area contributed by atoms with Crippen molar-refractivity contribution in [2.24, 2.45) is 39.5 Å². The van der Waals surface area contributed by atoms with Gasteiger partial charge in [-0.25, -0.2) is 0 Å². The number of carbonyl (C=O) groups excluding carboxylic acids is 1. The van der Waals surface area contributed by atoms with E-state index in [2.05, 4.69) is 25.0 Å². The Morgan fingerprint density at radius 1 is 1.20 bits per heavy atom. The molecule has 0 saturated heterocycles. The van der Waals surface area contributed by atoms with Gasteiger partial charge in [0.25, 0.3) is 0 Å². The molecule has 3 saturated carbocycles. The molecule has 0 aromatic rings. The van der Waals surface area contributed by atoms with Crippen LogP contribution in [0.25, 0.3) is 0 Å². The average molecular weight is 344 g/mol. The Bertz CT molecular complexity index is 640. The van der Waals surface area contributed by atoms with Gasteiger partial charge in [-0.2, -0.15) is 5.10 Å². The molecule has 0 radical (unpaired) electrons. The third-order valence-electron chi connectivity index (χ3n) is 8.29. The van der Waals surface area contributed by atoms with E-state index in [9.17, 15) is 4.79 Å². The van der Waals surface area contributed by atoms with E-state index in [-0.39, 0.29) is 17.5 Å². The van der Waals surface area contributed by atoms with Crippen LogP contribution in [0.4, 0.5) is 0 Å². The normalized spacial score (nSPS) is 47.5. The minimum Gasteiger partial charge on any atom is -0.462 e. The lowest BCUT2D eigenvalue weighted by Crippen LogP contribution is -2.50. The van der Waals surface area contributed by atoms with Gasteiger partial charge in [0, 0.05) is 24.5 Å². The Kier molecular flexibility index (Phi) is 4.01. The van der Waals surface area contributed by atoms with E-state index >= 15 is 0 Å². The highest BCUT2D eigenvalue weighted by molar-refractivity contribution is 5.92. The van der Waals surface area contributed by atoms with Gasteiger partial charge in [0.2, 0.25) is 0 Å². The molecule has 0 bridgehead atoms. The average Bonchev–Trinajstić information content (AvgIpc) is 2.91. The second kappa shape index (κ2) is 5.85. The van der Waals surface area contributed by atoms with Gasteiger partial charge < -0.3 is 10.6 Å². The zero-order valence-electron chi connectivity index (χ0n) is 15.9. The SMILES string of the molecule is CC(=O)OC1CCC2(C)C(=CCC3C2CCC2(C)C(=NN)CCC32)C1. The lowest BCUT2D eigenvalue weighted by Gasteiger charge is -2.57. The number of allylic oxidation sites excluding steroid dienone is 1. The number of rotatable bonds is 1. The van der Waals surface area contributed by atoms with Crippen LogP contribution >= 0.6 is 0 Å². The summed E-state index contributed by atoms with van der Waals surface area (Å²) < 4.78 is 5.53. The lowest BCUT2D eigenvalue weighted by atomic mass is 9.48. The largest absolute Gasteiger partial charge is 0.462 e. The van der Waals surface area contributed by atoms with Gasteiger partial charge in [0.1, 0.15) is 6.10 Å². The molecule has 4 heteroatoms. The number of hydrogen-bond acceptors (Lipinski definition) is 4. The number of ether oxygens (including phenoxy) is 1. The van der Waals surface area contributed by atoms with Crippen molar-refractivity contribution in [3.05, 3.63) is 11.6 Å². The highest BCUT2D eigenvalue weighted by Crippen LogP contribution is 2.64. The fraction of sp³-hybridized carbons (Fsp3) is 0.810. The van der Waals surface area contributed by atoms with E-state index < -0.39 is 0 Å². The van der Waals surface area contributed by atoms with Crippen LogP contribution in [0.3, 0.4) is 0 Å². The Morgan fingerprint density at radius 3 is 2.64 bits per heavy atom. The molecule has 2 N–H and O–H groups in total. The Labute approximate surface area is 151 Å². The molecule has 4 nitrogen and oxygen atoms in total. The second-order valence-corrected chi connectivity index (χ2v) is 9.30. The minimum atomic E-state index is -0.143. The summed E-state index contributed by atoms with van der Waals surface area (Å²) in [5, 5.41) is 4.17. The van der Waals surface area contributed by atoms with Crippen LogP contribution in [0.15, 0.2) is 16.8 Å². The summed E-state index contributed by atoms with van der Waals surface area (Å²) in [7, 11) is 0. The van der Waals surface area contributed by atoms with Gasteiger partial charge in [0.05, 0.1) is 0 Å². The molecule has 0 spiro atoms. The summed E-state index contributed by atoms with van der Waals surface area (Å²) >= 11 is 0. The van der Waals surface area contributed by atoms with Crippen LogP contribution in [0, 0.1) is 28.6 Å². The van der Waals surface area contributed by atoms with E-state index in [1.54, 1.807) is 5.57 Å². The van der Waals surface area contributed by atoms with E-state index in [1.165, 1.54) is 38.3 Å². The Hall–Kier alpha value is -1.32. The number of nitrogens with zero attached hydrogens (tertiary/aromatic N) is 1. The second-order valence-electron chi connectivity index (χ2n) is 9.30. The van der Waals surface area contributed by atoms with Crippen LogP contribution in [-0.2, 0) is 9.53 Å². The Morgan fingerprint density at radius 2 is 1.92 bits per heavy atom. The molecule has 0 heterocycles. The zero-order valence-corrected chi connectivity index (χ0v) is 15.9. The summed E-state index contributed by atoms with van der Waals surface area (Å²) in [6, 6.07) is 0. The fourth-order valence-electron chi connectivity index (χ4n) is 6.96. The van der Waals surface area contributed by atoms with Gasteiger partial charge in [-0.15, -0.1) is 0 Å². The first-order chi connectivity index (χ1) is 11.9. The van der Waals surface area contributed by atoms with E-state index in [0.717, 1.165) is 43.4 Å². The quantitative estimate of drug-likeness (QED) is 0.336. The fourth-order valence-corrected chi connectivity index (χ4v) is 6.96. The third kappa shape index (κ3) is 2.47. The van der Waals surface area contributed by atoms with Crippen molar-refractivity contribution in [2.75, 3.05) is 0 Å². The summed E-state index contributed by atoms with van der Waals surface area (Å²) in [6.45, 7) is 6.42. The summed E-state index contributed by atoms with van der Waals surface area (Å²) in [5.41, 5.74) is 3.34. The summed E-state index contributed by atoms with van der Waals surface area (Å²) in [4.78, 5) is 11.3. The monoisotopic (exact) mass is 344 g/mol.